The molecule has 0 aliphatic heterocycles. The van der Waals surface area contributed by atoms with Gasteiger partial charge < -0.3 is 5.11 Å². The summed E-state index contributed by atoms with van der Waals surface area (Å²) in [6.45, 7) is 16.6. The number of ketones is 2. The van der Waals surface area contributed by atoms with Crippen molar-refractivity contribution in [2.24, 2.45) is 50.7 Å². The van der Waals surface area contributed by atoms with Crippen molar-refractivity contribution >= 4 is 11.6 Å². The van der Waals surface area contributed by atoms with Gasteiger partial charge in [-0.1, -0.05) is 54.5 Å². The van der Waals surface area contributed by atoms with E-state index in [0.717, 1.165) is 49.8 Å². The Kier molecular flexibility index (Phi) is 6.85. The molecule has 41 heavy (non-hydrogen) atoms. The zero-order valence-electron chi connectivity index (χ0n) is 26.7. The van der Waals surface area contributed by atoms with Crippen LogP contribution in [0.5, 0.6) is 0 Å². The van der Waals surface area contributed by atoms with Crippen molar-refractivity contribution < 1.29 is 14.7 Å². The first-order valence-corrected chi connectivity index (χ1v) is 16.6. The summed E-state index contributed by atoms with van der Waals surface area (Å²) in [4.78, 5) is 32.6. The number of allylic oxidation sites excluding steroid dienone is 2. The topological polar surface area (TPSA) is 67.3 Å². The third-order valence-electron chi connectivity index (χ3n) is 14.3. The molecule has 0 saturated heterocycles. The van der Waals surface area contributed by atoms with Crippen LogP contribution in [0.1, 0.15) is 118 Å². The van der Waals surface area contributed by atoms with Gasteiger partial charge >= 0.3 is 0 Å². The lowest BCUT2D eigenvalue weighted by molar-refractivity contribution is -0.228. The highest BCUT2D eigenvalue weighted by molar-refractivity contribution is 6.07. The fourth-order valence-electron chi connectivity index (χ4n) is 12.0. The van der Waals surface area contributed by atoms with Crippen LogP contribution in [0.2, 0.25) is 0 Å². The molecule has 4 fully saturated rings. The average Bonchev–Trinajstić information content (AvgIpc) is 3.24. The van der Waals surface area contributed by atoms with Crippen molar-refractivity contribution in [2.75, 3.05) is 0 Å². The van der Waals surface area contributed by atoms with Crippen molar-refractivity contribution in [3.63, 3.8) is 0 Å². The Morgan fingerprint density at radius 3 is 2.39 bits per heavy atom. The van der Waals surface area contributed by atoms with Crippen molar-refractivity contribution in [2.45, 2.75) is 125 Å². The summed E-state index contributed by atoms with van der Waals surface area (Å²) in [5.74, 6) is 2.08. The van der Waals surface area contributed by atoms with Gasteiger partial charge in [0.2, 0.25) is 0 Å². The molecule has 4 heteroatoms. The van der Waals surface area contributed by atoms with Crippen LogP contribution in [0.15, 0.2) is 35.5 Å². The van der Waals surface area contributed by atoms with Crippen LogP contribution in [0, 0.1) is 50.7 Å². The summed E-state index contributed by atoms with van der Waals surface area (Å²) >= 11 is 0. The Hall–Kier alpha value is -1.81. The van der Waals surface area contributed by atoms with Gasteiger partial charge in [-0.2, -0.15) is 0 Å². The first-order valence-electron chi connectivity index (χ1n) is 16.6. The monoisotopic (exact) mass is 559 g/mol. The molecule has 0 aromatic carbocycles. The molecular weight excluding hydrogens is 506 g/mol. The lowest BCUT2D eigenvalue weighted by atomic mass is 9.33. The minimum Gasteiger partial charge on any atom is -0.393 e. The molecule has 1 aromatic heterocycles. The second-order valence-electron chi connectivity index (χ2n) is 16.4. The van der Waals surface area contributed by atoms with Gasteiger partial charge in [0, 0.05) is 24.7 Å². The van der Waals surface area contributed by atoms with Crippen LogP contribution < -0.4 is 0 Å². The Balaban J connectivity index is 1.38. The number of aromatic nitrogens is 1. The van der Waals surface area contributed by atoms with Crippen LogP contribution in [-0.4, -0.2) is 27.8 Å². The van der Waals surface area contributed by atoms with Gasteiger partial charge in [-0.15, -0.1) is 0 Å². The van der Waals surface area contributed by atoms with Crippen molar-refractivity contribution in [1.82, 2.24) is 4.98 Å². The lowest BCUT2D eigenvalue weighted by Crippen LogP contribution is -2.65. The number of carbonyl (C=O) groups excluding carboxylic acids is 2. The summed E-state index contributed by atoms with van der Waals surface area (Å²) in [5.41, 5.74) is 2.99. The number of hydrogen-bond donors (Lipinski definition) is 1. The number of aliphatic hydroxyl groups excluding tert-OH is 1. The van der Waals surface area contributed by atoms with Gasteiger partial charge in [-0.25, -0.2) is 0 Å². The summed E-state index contributed by atoms with van der Waals surface area (Å²) in [7, 11) is 0. The number of Topliss-reactive ketones (excluding diaryl/α,β-unsaturated/α-hetero) is 2. The highest BCUT2D eigenvalue weighted by Gasteiger charge is 2.70. The van der Waals surface area contributed by atoms with E-state index in [2.05, 4.69) is 53.5 Å². The van der Waals surface area contributed by atoms with Crippen LogP contribution in [0.4, 0.5) is 0 Å². The molecular formula is C37H53NO3. The van der Waals surface area contributed by atoms with E-state index in [-0.39, 0.29) is 45.2 Å². The van der Waals surface area contributed by atoms with E-state index in [9.17, 15) is 14.7 Å². The molecule has 0 unspecified atom stereocenters. The van der Waals surface area contributed by atoms with Gasteiger partial charge in [0.25, 0.3) is 0 Å². The maximum Gasteiger partial charge on any atom is 0.160 e. The highest BCUT2D eigenvalue weighted by Crippen LogP contribution is 2.76. The van der Waals surface area contributed by atoms with Crippen LogP contribution in [0.25, 0.3) is 0 Å². The maximum absolute atomic E-state index is 14.3. The van der Waals surface area contributed by atoms with E-state index < -0.39 is 5.41 Å². The van der Waals surface area contributed by atoms with Crippen LogP contribution >= 0.6 is 0 Å². The number of aryl methyl sites for hydroxylation is 1. The first-order chi connectivity index (χ1) is 19.2. The summed E-state index contributed by atoms with van der Waals surface area (Å²) in [6.07, 6.45) is 11.5. The average molecular weight is 560 g/mol. The molecule has 0 bridgehead atoms. The third kappa shape index (κ3) is 3.90. The Labute approximate surface area is 248 Å². The highest BCUT2D eigenvalue weighted by atomic mass is 16.3. The molecule has 0 amide bonds. The molecule has 5 aliphatic rings. The van der Waals surface area contributed by atoms with Crippen molar-refractivity contribution in [3.05, 3.63) is 41.2 Å². The summed E-state index contributed by atoms with van der Waals surface area (Å²) in [6, 6.07) is 5.91. The molecule has 224 valence electrons. The third-order valence-corrected chi connectivity index (χ3v) is 14.3. The Morgan fingerprint density at radius 1 is 0.951 bits per heavy atom. The van der Waals surface area contributed by atoms with Gasteiger partial charge in [0.1, 0.15) is 5.78 Å². The van der Waals surface area contributed by atoms with Gasteiger partial charge in [-0.05, 0) is 126 Å². The van der Waals surface area contributed by atoms with E-state index in [1.165, 1.54) is 18.4 Å². The molecule has 6 rings (SSSR count). The minimum atomic E-state index is -0.614. The zero-order valence-corrected chi connectivity index (χ0v) is 26.7. The second kappa shape index (κ2) is 9.60. The fraction of sp³-hybridized carbons (Fsp3) is 0.757. The zero-order chi connectivity index (χ0) is 29.6. The van der Waals surface area contributed by atoms with E-state index in [0.29, 0.717) is 37.0 Å². The second-order valence-corrected chi connectivity index (χ2v) is 16.4. The minimum absolute atomic E-state index is 0.0565. The molecule has 0 radical (unpaired) electrons. The molecule has 5 aliphatic carbocycles. The number of nitrogens with zero attached hydrogens (tertiary/aromatic N) is 1. The molecule has 8 atom stereocenters. The quantitative estimate of drug-likeness (QED) is 0.398. The van der Waals surface area contributed by atoms with E-state index in [1.807, 2.05) is 18.2 Å². The van der Waals surface area contributed by atoms with E-state index in [4.69, 9.17) is 0 Å². The predicted octanol–water partition coefficient (Wildman–Crippen LogP) is 7.92. The number of pyridine rings is 1. The Morgan fingerprint density at radius 2 is 1.71 bits per heavy atom. The molecule has 4 nitrogen and oxygen atoms in total. The van der Waals surface area contributed by atoms with Crippen molar-refractivity contribution in [1.29, 1.82) is 0 Å². The number of rotatable bonds is 5. The summed E-state index contributed by atoms with van der Waals surface area (Å²) < 4.78 is 0. The number of fused-ring (bicyclic) bond motifs is 7. The summed E-state index contributed by atoms with van der Waals surface area (Å²) in [5, 5.41) is 11.0. The number of aliphatic hydroxyl groups is 1. The largest absolute Gasteiger partial charge is 0.393 e. The molecule has 4 saturated carbocycles. The standard InChI is InChI=1S/C37H53NO3/c1-23(2)31-26(39)22-37(30(41)14-11-24-10-8-9-21-38-24)20-19-35(6)25(32(31)37)12-13-28-34(5)17-16-29(40)33(3,4)27(34)15-18-36(28,35)7/h8-10,21,23,25,27-29,40H,11-20,22H2,1-7H3/t25-,27+,28-,29+,34+,35-,36-,37+/m1/s1. The number of carbonyl (C=O) groups is 2. The van der Waals surface area contributed by atoms with Crippen LogP contribution in [0.3, 0.4) is 0 Å². The SMILES string of the molecule is CC(C)C1=C2[C@H]3CC[C@@H]4[C@@]5(C)CC[C@H](O)C(C)(C)[C@@H]5CC[C@@]4(C)[C@]3(C)CC[C@@]2(C(=O)CCc2ccccn2)CC1=O. The van der Waals surface area contributed by atoms with E-state index in [1.54, 1.807) is 6.20 Å². The predicted molar refractivity (Wildman–Crippen MR) is 163 cm³/mol. The van der Waals surface area contributed by atoms with Gasteiger partial charge in [0.05, 0.1) is 11.5 Å². The van der Waals surface area contributed by atoms with Crippen LogP contribution in [-0.2, 0) is 16.0 Å². The van der Waals surface area contributed by atoms with Gasteiger partial charge in [0.15, 0.2) is 5.78 Å². The van der Waals surface area contributed by atoms with Gasteiger partial charge in [-0.3, -0.25) is 14.6 Å². The normalized spacial score (nSPS) is 43.3. The molecule has 0 spiro atoms. The fourth-order valence-corrected chi connectivity index (χ4v) is 12.0. The first kappa shape index (κ1) is 29.3. The van der Waals surface area contributed by atoms with E-state index >= 15 is 0 Å². The maximum atomic E-state index is 14.3. The smallest absolute Gasteiger partial charge is 0.160 e. The lowest BCUT2D eigenvalue weighted by Gasteiger charge is -2.72. The Bertz CT molecular complexity index is 1260. The number of hydrogen-bond acceptors (Lipinski definition) is 4. The molecule has 1 heterocycles. The van der Waals surface area contributed by atoms with Crippen molar-refractivity contribution in [3.8, 4) is 0 Å². The molecule has 1 N–H and O–H groups in total. The molecule has 1 aromatic rings.